The van der Waals surface area contributed by atoms with E-state index in [0.717, 1.165) is 0 Å². The van der Waals surface area contributed by atoms with Gasteiger partial charge >= 0.3 is 12.3 Å². The number of nitrogens with zero attached hydrogens (tertiary/aromatic N) is 2. The van der Waals surface area contributed by atoms with Crippen LogP contribution in [0.5, 0.6) is 5.75 Å². The molecular formula is C20H18BrF3N2O5. The van der Waals surface area contributed by atoms with Crippen molar-refractivity contribution < 1.29 is 37.1 Å². The predicted molar refractivity (Wildman–Crippen MR) is 110 cm³/mol. The fourth-order valence-electron chi connectivity index (χ4n) is 2.53. The van der Waals surface area contributed by atoms with Gasteiger partial charge < -0.3 is 19.1 Å². The number of esters is 1. The van der Waals surface area contributed by atoms with Crippen molar-refractivity contribution in [2.24, 2.45) is 10.3 Å². The summed E-state index contributed by atoms with van der Waals surface area (Å²) in [4.78, 5) is 22.1. The number of methoxy groups -OCH3 is 1. The first kappa shape index (κ1) is 24.2. The van der Waals surface area contributed by atoms with E-state index in [-0.39, 0.29) is 23.6 Å². The standard InChI is InChI=1S/C20H18BrF3N2O5/c1-12(13-7-4-5-10-17(13)31-20(22,23)24)25-30-11-15-14(8-6-9-16(15)21)18(26-29-3)19(27)28-2/h4-10H,11H2,1-3H3/b25-12+,26-18+. The molecule has 0 bridgehead atoms. The summed E-state index contributed by atoms with van der Waals surface area (Å²) >= 11 is 3.37. The molecule has 0 aliphatic carbocycles. The lowest BCUT2D eigenvalue weighted by atomic mass is 10.0. The van der Waals surface area contributed by atoms with E-state index < -0.39 is 18.1 Å². The number of hydrogen-bond donors (Lipinski definition) is 0. The Morgan fingerprint density at radius 3 is 2.35 bits per heavy atom. The van der Waals surface area contributed by atoms with Gasteiger partial charge in [0.25, 0.3) is 0 Å². The van der Waals surface area contributed by atoms with Gasteiger partial charge in [-0.1, -0.05) is 50.5 Å². The van der Waals surface area contributed by atoms with Crippen LogP contribution in [-0.4, -0.2) is 38.0 Å². The second-order valence-electron chi connectivity index (χ2n) is 5.87. The maximum atomic E-state index is 12.6. The molecule has 2 aromatic rings. The molecule has 0 N–H and O–H groups in total. The van der Waals surface area contributed by atoms with Crippen molar-refractivity contribution in [3.63, 3.8) is 0 Å². The maximum Gasteiger partial charge on any atom is 0.573 e. The third-order valence-electron chi connectivity index (χ3n) is 3.85. The van der Waals surface area contributed by atoms with Crippen LogP contribution in [0.2, 0.25) is 0 Å². The number of benzene rings is 2. The number of ether oxygens (including phenoxy) is 2. The number of carbonyl (C=O) groups is 1. The van der Waals surface area contributed by atoms with Crippen LogP contribution in [0.25, 0.3) is 0 Å². The summed E-state index contributed by atoms with van der Waals surface area (Å²) in [5.41, 5.74) is 1.06. The first-order valence-corrected chi connectivity index (χ1v) is 9.46. The van der Waals surface area contributed by atoms with E-state index in [0.29, 0.717) is 15.6 Å². The van der Waals surface area contributed by atoms with Crippen LogP contribution < -0.4 is 4.74 Å². The largest absolute Gasteiger partial charge is 0.573 e. The second kappa shape index (κ2) is 10.8. The highest BCUT2D eigenvalue weighted by Crippen LogP contribution is 2.27. The molecule has 0 unspecified atom stereocenters. The van der Waals surface area contributed by atoms with E-state index in [1.54, 1.807) is 24.3 Å². The van der Waals surface area contributed by atoms with Crippen LogP contribution in [-0.2, 0) is 25.8 Å². The molecule has 0 aliphatic rings. The number of hydrogen-bond acceptors (Lipinski definition) is 7. The number of oxime groups is 2. The first-order chi connectivity index (χ1) is 14.7. The maximum absolute atomic E-state index is 12.6. The quantitative estimate of drug-likeness (QED) is 0.294. The number of rotatable bonds is 8. The van der Waals surface area contributed by atoms with Crippen molar-refractivity contribution >= 4 is 33.3 Å². The van der Waals surface area contributed by atoms with Gasteiger partial charge in [-0.05, 0) is 25.1 Å². The number of para-hydroxylation sites is 1. The van der Waals surface area contributed by atoms with Gasteiger partial charge in [0.15, 0.2) is 5.71 Å². The van der Waals surface area contributed by atoms with Crippen molar-refractivity contribution in [1.29, 1.82) is 0 Å². The van der Waals surface area contributed by atoms with Crippen molar-refractivity contribution in [3.05, 3.63) is 63.6 Å². The minimum atomic E-state index is -4.84. The molecule has 0 radical (unpaired) electrons. The second-order valence-corrected chi connectivity index (χ2v) is 6.73. The highest BCUT2D eigenvalue weighted by Gasteiger charge is 2.32. The van der Waals surface area contributed by atoms with Crippen molar-refractivity contribution in [2.75, 3.05) is 14.2 Å². The molecule has 0 amide bonds. The highest BCUT2D eigenvalue weighted by atomic mass is 79.9. The summed E-state index contributed by atoms with van der Waals surface area (Å²) in [5.74, 6) is -1.12. The lowest BCUT2D eigenvalue weighted by molar-refractivity contribution is -0.274. The SMILES string of the molecule is CO/N=C(/C(=O)OC)c1cccc(Br)c1CO/N=C(\C)c1ccccc1OC(F)(F)F. The van der Waals surface area contributed by atoms with Crippen LogP contribution in [0.3, 0.4) is 0 Å². The monoisotopic (exact) mass is 502 g/mol. The molecule has 0 saturated heterocycles. The van der Waals surface area contributed by atoms with Crippen LogP contribution in [0, 0.1) is 0 Å². The van der Waals surface area contributed by atoms with E-state index in [9.17, 15) is 18.0 Å². The van der Waals surface area contributed by atoms with Crippen LogP contribution >= 0.6 is 15.9 Å². The van der Waals surface area contributed by atoms with Gasteiger partial charge in [0.1, 0.15) is 19.5 Å². The van der Waals surface area contributed by atoms with E-state index in [1.165, 1.54) is 39.3 Å². The van der Waals surface area contributed by atoms with Gasteiger partial charge in [-0.2, -0.15) is 0 Å². The first-order valence-electron chi connectivity index (χ1n) is 8.66. The molecular weight excluding hydrogens is 485 g/mol. The Hall–Kier alpha value is -3.08. The van der Waals surface area contributed by atoms with Crippen molar-refractivity contribution in [2.45, 2.75) is 19.9 Å². The Morgan fingerprint density at radius 2 is 1.71 bits per heavy atom. The molecule has 2 aromatic carbocycles. The van der Waals surface area contributed by atoms with Gasteiger partial charge in [0.2, 0.25) is 0 Å². The van der Waals surface area contributed by atoms with E-state index in [1.807, 2.05) is 0 Å². The summed E-state index contributed by atoms with van der Waals surface area (Å²) in [5, 5.41) is 7.60. The van der Waals surface area contributed by atoms with E-state index in [2.05, 4.69) is 31.0 Å². The molecule has 11 heteroatoms. The van der Waals surface area contributed by atoms with E-state index >= 15 is 0 Å². The molecule has 2 rings (SSSR count). The zero-order valence-electron chi connectivity index (χ0n) is 16.7. The zero-order chi connectivity index (χ0) is 23.0. The molecule has 0 spiro atoms. The number of halogens is 4. The lowest BCUT2D eigenvalue weighted by Gasteiger charge is -2.13. The molecule has 0 saturated carbocycles. The predicted octanol–water partition coefficient (Wildman–Crippen LogP) is 4.81. The topological polar surface area (TPSA) is 78.7 Å². The zero-order valence-corrected chi connectivity index (χ0v) is 18.3. The van der Waals surface area contributed by atoms with Gasteiger partial charge in [-0.25, -0.2) is 4.79 Å². The number of alkyl halides is 3. The molecule has 0 aromatic heterocycles. The van der Waals surface area contributed by atoms with Crippen LogP contribution in [0.1, 0.15) is 23.6 Å². The molecule has 0 atom stereocenters. The molecule has 0 heterocycles. The summed E-state index contributed by atoms with van der Waals surface area (Å²) in [7, 11) is 2.49. The molecule has 0 fully saturated rings. The van der Waals surface area contributed by atoms with Crippen LogP contribution in [0.15, 0.2) is 57.2 Å². The molecule has 0 aliphatic heterocycles. The van der Waals surface area contributed by atoms with Gasteiger partial charge in [0.05, 0.1) is 12.8 Å². The number of carbonyl (C=O) groups excluding carboxylic acids is 1. The normalized spacial score (nSPS) is 12.4. The summed E-state index contributed by atoms with van der Waals surface area (Å²) in [6.45, 7) is 1.35. The summed E-state index contributed by atoms with van der Waals surface area (Å²) in [6.07, 6.45) is -4.84. The Labute approximate surface area is 184 Å². The Balaban J connectivity index is 2.30. The summed E-state index contributed by atoms with van der Waals surface area (Å²) < 4.78 is 47.2. The smallest absolute Gasteiger partial charge is 0.464 e. The Bertz CT molecular complexity index is 993. The van der Waals surface area contributed by atoms with Gasteiger partial charge in [0, 0.05) is 21.2 Å². The highest BCUT2D eigenvalue weighted by molar-refractivity contribution is 9.10. The third-order valence-corrected chi connectivity index (χ3v) is 4.59. The Kier molecular flexibility index (Phi) is 8.43. The van der Waals surface area contributed by atoms with Crippen molar-refractivity contribution in [3.8, 4) is 5.75 Å². The van der Waals surface area contributed by atoms with E-state index in [4.69, 9.17) is 14.4 Å². The minimum absolute atomic E-state index is 0.0884. The van der Waals surface area contributed by atoms with Crippen LogP contribution in [0.4, 0.5) is 13.2 Å². The lowest BCUT2D eigenvalue weighted by Crippen LogP contribution is -2.20. The van der Waals surface area contributed by atoms with Crippen molar-refractivity contribution in [1.82, 2.24) is 0 Å². The fraction of sp³-hybridized carbons (Fsp3) is 0.250. The fourth-order valence-corrected chi connectivity index (χ4v) is 3.01. The minimum Gasteiger partial charge on any atom is -0.464 e. The average molecular weight is 503 g/mol. The summed E-state index contributed by atoms with van der Waals surface area (Å²) in [6, 6.07) is 10.6. The average Bonchev–Trinajstić information content (AvgIpc) is 2.72. The molecule has 31 heavy (non-hydrogen) atoms. The molecule has 166 valence electrons. The van der Waals surface area contributed by atoms with Gasteiger partial charge in [-0.15, -0.1) is 13.2 Å². The molecule has 7 nitrogen and oxygen atoms in total. The third kappa shape index (κ3) is 6.71. The van der Waals surface area contributed by atoms with Gasteiger partial charge in [-0.3, -0.25) is 0 Å². The Morgan fingerprint density at radius 1 is 1.03 bits per heavy atom.